The topological polar surface area (TPSA) is 43.7 Å². The number of aromatic hydroxyl groups is 2. The van der Waals surface area contributed by atoms with E-state index in [0.29, 0.717) is 5.02 Å². The highest BCUT2D eigenvalue weighted by Crippen LogP contribution is 2.38. The zero-order chi connectivity index (χ0) is 13.6. The van der Waals surface area contributed by atoms with Gasteiger partial charge in [0.25, 0.3) is 0 Å². The number of rotatable bonds is 0. The third-order valence-corrected chi connectivity index (χ3v) is 3.73. The van der Waals surface area contributed by atoms with Crippen LogP contribution in [0.15, 0.2) is 30.3 Å². The van der Waals surface area contributed by atoms with Gasteiger partial charge in [0.2, 0.25) is 0 Å². The van der Waals surface area contributed by atoms with Gasteiger partial charge in [-0.3, -0.25) is 4.90 Å². The lowest BCUT2D eigenvalue weighted by atomic mass is 9.96. The van der Waals surface area contributed by atoms with E-state index in [9.17, 15) is 10.2 Å². The van der Waals surface area contributed by atoms with Crippen molar-refractivity contribution in [3.8, 4) is 22.6 Å². The lowest BCUT2D eigenvalue weighted by Gasteiger charge is -2.14. The molecule has 2 aromatic carbocycles. The molecule has 0 radical (unpaired) electrons. The highest BCUT2D eigenvalue weighted by Gasteiger charge is 2.19. The van der Waals surface area contributed by atoms with Crippen LogP contribution in [0.4, 0.5) is 0 Å². The molecular weight excluding hydrogens is 262 g/mol. The maximum Gasteiger partial charge on any atom is 0.134 e. The van der Waals surface area contributed by atoms with Gasteiger partial charge in [-0.1, -0.05) is 17.7 Å². The normalized spacial score (nSPS) is 14.6. The van der Waals surface area contributed by atoms with Crippen LogP contribution in [-0.2, 0) is 13.1 Å². The average molecular weight is 276 g/mol. The van der Waals surface area contributed by atoms with Crippen molar-refractivity contribution < 1.29 is 10.2 Å². The smallest absolute Gasteiger partial charge is 0.134 e. The molecule has 3 rings (SSSR count). The minimum atomic E-state index is 0.107. The third kappa shape index (κ3) is 2.15. The minimum absolute atomic E-state index is 0.107. The maximum atomic E-state index is 9.75. The summed E-state index contributed by atoms with van der Waals surface area (Å²) >= 11 is 6.02. The molecule has 1 aliphatic rings. The van der Waals surface area contributed by atoms with Crippen LogP contribution < -0.4 is 0 Å². The Morgan fingerprint density at radius 3 is 2.42 bits per heavy atom. The summed E-state index contributed by atoms with van der Waals surface area (Å²) in [6, 6.07) is 8.86. The van der Waals surface area contributed by atoms with Crippen LogP contribution in [0.5, 0.6) is 11.5 Å². The van der Waals surface area contributed by atoms with Crippen LogP contribution in [0.3, 0.4) is 0 Å². The molecule has 1 heterocycles. The molecule has 0 aliphatic carbocycles. The van der Waals surface area contributed by atoms with Crippen molar-refractivity contribution in [2.24, 2.45) is 0 Å². The zero-order valence-corrected chi connectivity index (χ0v) is 11.3. The van der Waals surface area contributed by atoms with Crippen molar-refractivity contribution in [1.29, 1.82) is 0 Å². The molecule has 4 heteroatoms. The van der Waals surface area contributed by atoms with Gasteiger partial charge in [-0.15, -0.1) is 0 Å². The van der Waals surface area contributed by atoms with E-state index in [0.717, 1.165) is 35.3 Å². The van der Waals surface area contributed by atoms with Crippen molar-refractivity contribution in [3.05, 3.63) is 46.5 Å². The first-order valence-electron chi connectivity index (χ1n) is 6.07. The van der Waals surface area contributed by atoms with Gasteiger partial charge in [0.05, 0.1) is 5.02 Å². The van der Waals surface area contributed by atoms with Crippen LogP contribution >= 0.6 is 11.6 Å². The molecule has 98 valence electrons. The molecule has 0 atom stereocenters. The van der Waals surface area contributed by atoms with Crippen molar-refractivity contribution in [3.63, 3.8) is 0 Å². The molecule has 0 aromatic heterocycles. The lowest BCUT2D eigenvalue weighted by Crippen LogP contribution is -2.15. The van der Waals surface area contributed by atoms with Crippen molar-refractivity contribution in [2.45, 2.75) is 13.1 Å². The molecular formula is C15H14ClNO2. The highest BCUT2D eigenvalue weighted by atomic mass is 35.5. The van der Waals surface area contributed by atoms with E-state index >= 15 is 0 Å². The molecule has 0 saturated carbocycles. The standard InChI is InChI=1S/C15H14ClNO2/c1-17-7-9-4-11(18)2-3-12(9)13-6-14(16)15(19)5-10(13)8-17/h2-6,18-19H,7-8H2,1H3. The number of halogens is 1. The first-order valence-corrected chi connectivity index (χ1v) is 6.44. The summed E-state index contributed by atoms with van der Waals surface area (Å²) in [6.07, 6.45) is 0. The van der Waals surface area contributed by atoms with E-state index in [2.05, 4.69) is 4.90 Å². The monoisotopic (exact) mass is 275 g/mol. The summed E-state index contributed by atoms with van der Waals surface area (Å²) < 4.78 is 0. The Balaban J connectivity index is 2.28. The van der Waals surface area contributed by atoms with E-state index < -0.39 is 0 Å². The summed E-state index contributed by atoms with van der Waals surface area (Å²) in [5.41, 5.74) is 4.16. The third-order valence-electron chi connectivity index (χ3n) is 3.43. The number of benzene rings is 2. The fraction of sp³-hybridized carbons (Fsp3) is 0.200. The number of nitrogens with zero attached hydrogens (tertiary/aromatic N) is 1. The quantitative estimate of drug-likeness (QED) is 0.775. The zero-order valence-electron chi connectivity index (χ0n) is 10.5. The molecule has 0 fully saturated rings. The van der Waals surface area contributed by atoms with E-state index in [1.165, 1.54) is 0 Å². The summed E-state index contributed by atoms with van der Waals surface area (Å²) in [4.78, 5) is 2.14. The fourth-order valence-electron chi connectivity index (χ4n) is 2.60. The van der Waals surface area contributed by atoms with Gasteiger partial charge in [-0.25, -0.2) is 0 Å². The van der Waals surface area contributed by atoms with Gasteiger partial charge in [-0.2, -0.15) is 0 Å². The van der Waals surface area contributed by atoms with Crippen LogP contribution in [-0.4, -0.2) is 22.2 Å². The van der Waals surface area contributed by atoms with Gasteiger partial charge >= 0.3 is 0 Å². The van der Waals surface area contributed by atoms with Gasteiger partial charge in [0.15, 0.2) is 0 Å². The van der Waals surface area contributed by atoms with Gasteiger partial charge < -0.3 is 10.2 Å². The Hall–Kier alpha value is -1.71. The van der Waals surface area contributed by atoms with Crippen LogP contribution in [0.2, 0.25) is 5.02 Å². The number of hydrogen-bond acceptors (Lipinski definition) is 3. The first-order chi connectivity index (χ1) is 9.04. The summed E-state index contributed by atoms with van der Waals surface area (Å²) in [5.74, 6) is 0.372. The first kappa shape index (κ1) is 12.3. The minimum Gasteiger partial charge on any atom is -0.508 e. The molecule has 1 aliphatic heterocycles. The number of phenolic OH excluding ortho intramolecular Hbond substituents is 2. The largest absolute Gasteiger partial charge is 0.508 e. The van der Waals surface area contributed by atoms with Gasteiger partial charge in [-0.05, 0) is 53.6 Å². The van der Waals surface area contributed by atoms with Crippen molar-refractivity contribution >= 4 is 11.6 Å². The molecule has 3 nitrogen and oxygen atoms in total. The Bertz CT molecular complexity index is 655. The average Bonchev–Trinajstić information content (AvgIpc) is 2.45. The maximum absolute atomic E-state index is 9.75. The second-order valence-corrected chi connectivity index (χ2v) is 5.38. The molecule has 0 unspecified atom stereocenters. The molecule has 0 amide bonds. The van der Waals surface area contributed by atoms with E-state index in [4.69, 9.17) is 11.6 Å². The number of fused-ring (bicyclic) bond motifs is 3. The van der Waals surface area contributed by atoms with E-state index in [1.807, 2.05) is 13.1 Å². The number of phenols is 2. The Morgan fingerprint density at radius 1 is 1.00 bits per heavy atom. The molecule has 2 N–H and O–H groups in total. The Morgan fingerprint density at radius 2 is 1.68 bits per heavy atom. The summed E-state index contributed by atoms with van der Waals surface area (Å²) in [6.45, 7) is 1.48. The SMILES string of the molecule is CN1Cc2cc(O)ccc2-c2cc(Cl)c(O)cc2C1. The molecule has 0 bridgehead atoms. The Kier molecular flexibility index (Phi) is 2.88. The second-order valence-electron chi connectivity index (χ2n) is 4.97. The highest BCUT2D eigenvalue weighted by molar-refractivity contribution is 6.32. The molecule has 19 heavy (non-hydrogen) atoms. The van der Waals surface area contributed by atoms with E-state index in [-0.39, 0.29) is 11.5 Å². The van der Waals surface area contributed by atoms with Gasteiger partial charge in [0.1, 0.15) is 11.5 Å². The van der Waals surface area contributed by atoms with Gasteiger partial charge in [0, 0.05) is 13.1 Å². The molecule has 0 saturated heterocycles. The summed E-state index contributed by atoms with van der Waals surface area (Å²) in [5, 5.41) is 19.7. The second kappa shape index (κ2) is 4.44. The Labute approximate surface area is 116 Å². The van der Waals surface area contributed by atoms with Crippen molar-refractivity contribution in [2.75, 3.05) is 7.05 Å². The van der Waals surface area contributed by atoms with Crippen LogP contribution in [0.1, 0.15) is 11.1 Å². The van der Waals surface area contributed by atoms with Crippen molar-refractivity contribution in [1.82, 2.24) is 4.90 Å². The fourth-order valence-corrected chi connectivity index (χ4v) is 2.76. The number of hydrogen-bond donors (Lipinski definition) is 2. The summed E-state index contributed by atoms with van der Waals surface area (Å²) in [7, 11) is 2.01. The lowest BCUT2D eigenvalue weighted by molar-refractivity contribution is 0.321. The predicted molar refractivity (Wildman–Crippen MR) is 75.4 cm³/mol. The van der Waals surface area contributed by atoms with Crippen LogP contribution in [0.25, 0.3) is 11.1 Å². The van der Waals surface area contributed by atoms with E-state index in [1.54, 1.807) is 24.3 Å². The molecule has 0 spiro atoms. The predicted octanol–water partition coefficient (Wildman–Crippen LogP) is 3.36. The molecule has 2 aromatic rings. The van der Waals surface area contributed by atoms with Crippen LogP contribution in [0, 0.1) is 0 Å².